The first-order chi connectivity index (χ1) is 20.3. The molecule has 1 aliphatic rings. The number of likely N-dealkylation sites (N-methyl/N-ethyl adjacent to an activating group) is 1. The minimum absolute atomic E-state index is 0.214. The molecule has 17 heteroatoms. The Labute approximate surface area is 253 Å². The van der Waals surface area contributed by atoms with Gasteiger partial charge in [0.15, 0.2) is 5.82 Å². The first-order valence-corrected chi connectivity index (χ1v) is 14.7. The van der Waals surface area contributed by atoms with Crippen molar-refractivity contribution in [1.29, 1.82) is 0 Å². The van der Waals surface area contributed by atoms with Crippen LogP contribution in [-0.2, 0) is 26.4 Å². The summed E-state index contributed by atoms with van der Waals surface area (Å²) >= 11 is 6.34. The molecule has 1 aliphatic heterocycles. The van der Waals surface area contributed by atoms with E-state index in [2.05, 4.69) is 32.5 Å². The van der Waals surface area contributed by atoms with Gasteiger partial charge in [-0.2, -0.15) is 13.4 Å². The summed E-state index contributed by atoms with van der Waals surface area (Å²) in [5.41, 5.74) is 2.88. The van der Waals surface area contributed by atoms with Gasteiger partial charge in [0, 0.05) is 23.9 Å². The van der Waals surface area contributed by atoms with Gasteiger partial charge in [0.05, 0.1) is 30.9 Å². The van der Waals surface area contributed by atoms with E-state index in [1.165, 1.54) is 19.4 Å². The number of aromatic nitrogens is 2. The van der Waals surface area contributed by atoms with E-state index < -0.39 is 16.0 Å². The lowest BCUT2D eigenvalue weighted by atomic mass is 10.2. The van der Waals surface area contributed by atoms with Crippen molar-refractivity contribution < 1.29 is 37.3 Å². The van der Waals surface area contributed by atoms with Crippen LogP contribution in [0.25, 0.3) is 0 Å². The third-order valence-electron chi connectivity index (χ3n) is 5.43. The zero-order valence-electron chi connectivity index (χ0n) is 23.8. The quantitative estimate of drug-likeness (QED) is 0.151. The number of benzene rings is 2. The predicted molar refractivity (Wildman–Crippen MR) is 162 cm³/mol. The SMILES string of the molecule is C=CC(=O)Nc1cc(Nc2ncc(Cl)c(Nc3ccc4c(c3)N(O)OC4)n2)c(OC)cc1OCCN(C)C.CS(=O)(=O)O. The van der Waals surface area contributed by atoms with Gasteiger partial charge in [0.25, 0.3) is 10.1 Å². The molecular weight excluding hydrogens is 606 g/mol. The van der Waals surface area contributed by atoms with Crippen LogP contribution in [-0.4, -0.2) is 79.6 Å². The number of nitrogens with zero attached hydrogens (tertiary/aromatic N) is 4. The van der Waals surface area contributed by atoms with E-state index >= 15 is 0 Å². The van der Waals surface area contributed by atoms with Crippen LogP contribution in [0.4, 0.5) is 34.5 Å². The molecular formula is C26H32ClN7O8S. The number of nitrogens with one attached hydrogen (secondary N) is 3. The molecule has 15 nitrogen and oxygen atoms in total. The highest BCUT2D eigenvalue weighted by Gasteiger charge is 2.20. The molecule has 0 atom stereocenters. The van der Waals surface area contributed by atoms with Gasteiger partial charge in [0.1, 0.15) is 35.4 Å². The largest absolute Gasteiger partial charge is 0.494 e. The van der Waals surface area contributed by atoms with Crippen molar-refractivity contribution in [2.24, 2.45) is 0 Å². The fraction of sp³-hybridized carbons (Fsp3) is 0.269. The average molecular weight is 638 g/mol. The Morgan fingerprint density at radius 2 is 1.95 bits per heavy atom. The van der Waals surface area contributed by atoms with Gasteiger partial charge in [-0.3, -0.25) is 14.6 Å². The maximum atomic E-state index is 12.1. The molecule has 232 valence electrons. The Kier molecular flexibility index (Phi) is 11.5. The number of carbonyl (C=O) groups is 1. The predicted octanol–water partition coefficient (Wildman–Crippen LogP) is 3.84. The molecule has 43 heavy (non-hydrogen) atoms. The second-order valence-electron chi connectivity index (χ2n) is 9.16. The third-order valence-corrected chi connectivity index (χ3v) is 5.70. The number of carbonyl (C=O) groups excluding carboxylic acids is 1. The highest BCUT2D eigenvalue weighted by molar-refractivity contribution is 7.85. The number of methoxy groups -OCH3 is 1. The van der Waals surface area contributed by atoms with Gasteiger partial charge in [-0.1, -0.05) is 24.2 Å². The Morgan fingerprint density at radius 1 is 1.23 bits per heavy atom. The lowest BCUT2D eigenvalue weighted by molar-refractivity contribution is -0.111. The van der Waals surface area contributed by atoms with Crippen LogP contribution < -0.4 is 30.7 Å². The molecule has 0 fully saturated rings. The van der Waals surface area contributed by atoms with Crippen LogP contribution in [0.1, 0.15) is 5.56 Å². The van der Waals surface area contributed by atoms with Crippen LogP contribution in [0.15, 0.2) is 49.2 Å². The Balaban J connectivity index is 0.000000934. The normalized spacial score (nSPS) is 12.1. The fourth-order valence-electron chi connectivity index (χ4n) is 3.48. The van der Waals surface area contributed by atoms with Crippen LogP contribution in [0.2, 0.25) is 5.02 Å². The molecule has 2 aromatic carbocycles. The highest BCUT2D eigenvalue weighted by Crippen LogP contribution is 2.38. The van der Waals surface area contributed by atoms with Crippen molar-refractivity contribution in [1.82, 2.24) is 14.9 Å². The maximum absolute atomic E-state index is 12.1. The molecule has 3 aromatic rings. The number of hydrogen-bond acceptors (Lipinski definition) is 13. The lowest BCUT2D eigenvalue weighted by Crippen LogP contribution is -2.20. The monoisotopic (exact) mass is 637 g/mol. The van der Waals surface area contributed by atoms with Crippen molar-refractivity contribution in [3.05, 3.63) is 59.8 Å². The summed E-state index contributed by atoms with van der Waals surface area (Å²) in [5, 5.41) is 19.8. The molecule has 4 rings (SSSR count). The second-order valence-corrected chi connectivity index (χ2v) is 11.0. The number of fused-ring (bicyclic) bond motifs is 1. The van der Waals surface area contributed by atoms with E-state index in [1.807, 2.05) is 31.1 Å². The Morgan fingerprint density at radius 3 is 2.60 bits per heavy atom. The van der Waals surface area contributed by atoms with Gasteiger partial charge in [0.2, 0.25) is 11.9 Å². The van der Waals surface area contributed by atoms with E-state index in [4.69, 9.17) is 30.5 Å². The molecule has 5 N–H and O–H groups in total. The minimum Gasteiger partial charge on any atom is -0.494 e. The molecule has 0 unspecified atom stereocenters. The molecule has 0 spiro atoms. The summed E-state index contributed by atoms with van der Waals surface area (Å²) < 4.78 is 37.3. The van der Waals surface area contributed by atoms with Crippen molar-refractivity contribution in [2.45, 2.75) is 6.61 Å². The Hall–Kier alpha value is -4.19. The molecule has 0 aliphatic carbocycles. The van der Waals surface area contributed by atoms with E-state index in [1.54, 1.807) is 18.2 Å². The third kappa shape index (κ3) is 10.2. The smallest absolute Gasteiger partial charge is 0.261 e. The van der Waals surface area contributed by atoms with Gasteiger partial charge in [-0.05, 0) is 38.4 Å². The zero-order valence-corrected chi connectivity index (χ0v) is 25.4. The Bertz CT molecular complexity index is 1570. The lowest BCUT2D eigenvalue weighted by Gasteiger charge is -2.18. The summed E-state index contributed by atoms with van der Waals surface area (Å²) in [4.78, 5) is 27.9. The minimum atomic E-state index is -3.67. The van der Waals surface area contributed by atoms with Gasteiger partial charge < -0.3 is 30.3 Å². The second kappa shape index (κ2) is 14.8. The number of rotatable bonds is 11. The van der Waals surface area contributed by atoms with E-state index in [0.717, 1.165) is 10.8 Å². The molecule has 0 bridgehead atoms. The van der Waals surface area contributed by atoms with Crippen LogP contribution >= 0.6 is 11.6 Å². The molecule has 1 amide bonds. The zero-order chi connectivity index (χ0) is 31.7. The van der Waals surface area contributed by atoms with Crippen molar-refractivity contribution in [2.75, 3.05) is 61.8 Å². The molecule has 0 radical (unpaired) electrons. The van der Waals surface area contributed by atoms with Crippen LogP contribution in [0.5, 0.6) is 11.5 Å². The van der Waals surface area contributed by atoms with Crippen LogP contribution in [0.3, 0.4) is 0 Å². The van der Waals surface area contributed by atoms with Gasteiger partial charge in [-0.15, -0.1) is 5.23 Å². The number of ether oxygens (including phenoxy) is 2. The van der Waals surface area contributed by atoms with Crippen molar-refractivity contribution >= 4 is 62.1 Å². The number of hydrogen-bond donors (Lipinski definition) is 5. The summed E-state index contributed by atoms with van der Waals surface area (Å²) in [6, 6.07) is 8.68. The summed E-state index contributed by atoms with van der Waals surface area (Å²) in [6.07, 6.45) is 3.33. The fourth-order valence-corrected chi connectivity index (χ4v) is 3.62. The van der Waals surface area contributed by atoms with Gasteiger partial charge in [-0.25, -0.2) is 9.82 Å². The number of amides is 1. The molecule has 0 saturated heterocycles. The van der Waals surface area contributed by atoms with Crippen LogP contribution in [0, 0.1) is 0 Å². The van der Waals surface area contributed by atoms with E-state index in [9.17, 15) is 18.4 Å². The summed E-state index contributed by atoms with van der Waals surface area (Å²) in [6.45, 7) is 4.87. The topological polar surface area (TPSA) is 188 Å². The first kappa shape index (κ1) is 33.3. The molecule has 2 heterocycles. The molecule has 1 aromatic heterocycles. The first-order valence-electron chi connectivity index (χ1n) is 12.4. The van der Waals surface area contributed by atoms with Crippen molar-refractivity contribution in [3.8, 4) is 11.5 Å². The molecule has 0 saturated carbocycles. The maximum Gasteiger partial charge on any atom is 0.261 e. The summed E-state index contributed by atoms with van der Waals surface area (Å²) in [7, 11) is 1.73. The van der Waals surface area contributed by atoms with Gasteiger partial charge >= 0.3 is 0 Å². The number of halogens is 1. The van der Waals surface area contributed by atoms with E-state index in [0.29, 0.717) is 59.5 Å². The highest BCUT2D eigenvalue weighted by atomic mass is 35.5. The summed E-state index contributed by atoms with van der Waals surface area (Å²) in [5.74, 6) is 1.02. The standard InChI is InChI=1S/C25H28ClN7O5.CH4O3S/c1-5-23(34)29-19-11-18(21(36-4)12-22(19)37-9-8-32(2)3)30-25-27-13-17(26)24(31-25)28-16-7-6-15-14-38-33(35)20(15)10-16;1-5(2,3)4/h5-7,10-13,35H,1,8-9,14H2,2-4H3,(H,29,34)(H2,27,28,30,31);1H3,(H,2,3,4). The number of anilines is 6. The van der Waals surface area contributed by atoms with Crippen molar-refractivity contribution in [3.63, 3.8) is 0 Å². The van der Waals surface area contributed by atoms with E-state index in [-0.39, 0.29) is 17.6 Å². The average Bonchev–Trinajstić information content (AvgIpc) is 3.30.